The first-order valence-corrected chi connectivity index (χ1v) is 7.33. The number of rotatable bonds is 6. The molecule has 7 heteroatoms. The van der Waals surface area contributed by atoms with Crippen LogP contribution < -0.4 is 15.4 Å². The van der Waals surface area contributed by atoms with Crippen molar-refractivity contribution in [3.05, 3.63) is 54.1 Å². The molecule has 0 spiro atoms. The number of ether oxygens (including phenoxy) is 1. The predicted molar refractivity (Wildman–Crippen MR) is 86.2 cm³/mol. The van der Waals surface area contributed by atoms with Gasteiger partial charge in [-0.25, -0.2) is 0 Å². The van der Waals surface area contributed by atoms with Crippen molar-refractivity contribution >= 4 is 17.3 Å². The molecule has 2 N–H and O–H groups in total. The van der Waals surface area contributed by atoms with Gasteiger partial charge in [0.15, 0.2) is 0 Å². The molecular weight excluding hydrogens is 321 g/mol. The lowest BCUT2D eigenvalue weighted by molar-refractivity contribution is -0.137. The zero-order chi connectivity index (χ0) is 17.6. The summed E-state index contributed by atoms with van der Waals surface area (Å²) in [5, 5.41) is 5.47. The van der Waals surface area contributed by atoms with Gasteiger partial charge in [-0.3, -0.25) is 4.79 Å². The number of amides is 1. The number of benzene rings is 2. The third kappa shape index (κ3) is 4.91. The Morgan fingerprint density at radius 2 is 1.75 bits per heavy atom. The minimum absolute atomic E-state index is 0.0366. The summed E-state index contributed by atoms with van der Waals surface area (Å²) in [6, 6.07) is 11.5. The van der Waals surface area contributed by atoms with Crippen molar-refractivity contribution in [2.45, 2.75) is 13.1 Å². The average Bonchev–Trinajstić information content (AvgIpc) is 2.54. The van der Waals surface area contributed by atoms with Gasteiger partial charge in [-0.05, 0) is 43.3 Å². The second-order valence-corrected chi connectivity index (χ2v) is 4.91. The summed E-state index contributed by atoms with van der Waals surface area (Å²) in [4.78, 5) is 11.9. The number of anilines is 2. The molecule has 0 fully saturated rings. The number of carbonyl (C=O) groups excluding carboxylic acids is 1. The first kappa shape index (κ1) is 17.7. The Labute approximate surface area is 137 Å². The maximum Gasteiger partial charge on any atom is 0.416 e. The van der Waals surface area contributed by atoms with Gasteiger partial charge in [0.05, 0.1) is 24.4 Å². The number of hydrogen-bond donors (Lipinski definition) is 2. The summed E-state index contributed by atoms with van der Waals surface area (Å²) in [6.45, 7) is 2.32. The Kier molecular flexibility index (Phi) is 5.68. The Balaban J connectivity index is 1.92. The third-order valence-corrected chi connectivity index (χ3v) is 3.12. The van der Waals surface area contributed by atoms with Crippen molar-refractivity contribution in [3.8, 4) is 5.75 Å². The number of alkyl halides is 3. The molecule has 2 aromatic rings. The molecule has 0 radical (unpaired) electrons. The molecule has 4 nitrogen and oxygen atoms in total. The van der Waals surface area contributed by atoms with Crippen molar-refractivity contribution in [2.75, 3.05) is 23.8 Å². The molecule has 0 saturated carbocycles. The third-order valence-electron chi connectivity index (χ3n) is 3.12. The van der Waals surface area contributed by atoms with E-state index in [0.717, 1.165) is 12.1 Å². The zero-order valence-corrected chi connectivity index (χ0v) is 13.0. The van der Waals surface area contributed by atoms with Gasteiger partial charge in [0.1, 0.15) is 5.75 Å². The molecule has 0 aliphatic rings. The molecule has 0 aliphatic heterocycles. The largest absolute Gasteiger partial charge is 0.492 e. The lowest BCUT2D eigenvalue weighted by atomic mass is 10.2. The van der Waals surface area contributed by atoms with Crippen LogP contribution in [0.25, 0.3) is 0 Å². The Morgan fingerprint density at radius 3 is 2.38 bits per heavy atom. The van der Waals surface area contributed by atoms with Gasteiger partial charge >= 0.3 is 6.18 Å². The summed E-state index contributed by atoms with van der Waals surface area (Å²) >= 11 is 0. The molecule has 0 heterocycles. The summed E-state index contributed by atoms with van der Waals surface area (Å²) in [5.74, 6) is 0.253. The Hall–Kier alpha value is -2.70. The molecule has 0 aliphatic carbocycles. The quantitative estimate of drug-likeness (QED) is 0.832. The average molecular weight is 338 g/mol. The molecule has 0 unspecified atom stereocenters. The lowest BCUT2D eigenvalue weighted by Crippen LogP contribution is -2.22. The van der Waals surface area contributed by atoms with Crippen molar-refractivity contribution in [1.29, 1.82) is 0 Å². The van der Waals surface area contributed by atoms with Crippen LogP contribution in [-0.4, -0.2) is 19.1 Å². The van der Waals surface area contributed by atoms with Crippen LogP contribution in [0.1, 0.15) is 12.5 Å². The summed E-state index contributed by atoms with van der Waals surface area (Å²) in [5.41, 5.74) is 0.207. The highest BCUT2D eigenvalue weighted by atomic mass is 19.4. The summed E-state index contributed by atoms with van der Waals surface area (Å²) < 4.78 is 42.9. The van der Waals surface area contributed by atoms with Gasteiger partial charge in [0.25, 0.3) is 0 Å². The van der Waals surface area contributed by atoms with Crippen LogP contribution in [-0.2, 0) is 11.0 Å². The molecule has 128 valence electrons. The highest BCUT2D eigenvalue weighted by Gasteiger charge is 2.29. The molecular formula is C17H17F3N2O2. The van der Waals surface area contributed by atoms with Crippen molar-refractivity contribution in [3.63, 3.8) is 0 Å². The highest BCUT2D eigenvalue weighted by molar-refractivity contribution is 5.93. The standard InChI is InChI=1S/C17H17F3N2O2/c1-2-24-15-6-4-3-5-14(15)21-11-16(23)22-13-9-7-12(8-10-13)17(18,19)20/h3-10,21H,2,11H2,1H3,(H,22,23). The van der Waals surface area contributed by atoms with Gasteiger partial charge in [0.2, 0.25) is 5.91 Å². The molecule has 0 saturated heterocycles. The maximum atomic E-state index is 12.5. The van der Waals surface area contributed by atoms with Gasteiger partial charge < -0.3 is 15.4 Å². The lowest BCUT2D eigenvalue weighted by Gasteiger charge is -2.12. The molecule has 0 bridgehead atoms. The second-order valence-electron chi connectivity index (χ2n) is 4.91. The van der Waals surface area contributed by atoms with Crippen LogP contribution in [0, 0.1) is 0 Å². The molecule has 0 atom stereocenters. The van der Waals surface area contributed by atoms with E-state index in [9.17, 15) is 18.0 Å². The molecule has 24 heavy (non-hydrogen) atoms. The smallest absolute Gasteiger partial charge is 0.416 e. The first-order valence-electron chi connectivity index (χ1n) is 7.33. The first-order chi connectivity index (χ1) is 11.4. The predicted octanol–water partition coefficient (Wildman–Crippen LogP) is 4.15. The SMILES string of the molecule is CCOc1ccccc1NCC(=O)Nc1ccc(C(F)(F)F)cc1. The van der Waals surface area contributed by atoms with E-state index in [0.29, 0.717) is 23.7 Å². The van der Waals surface area contributed by atoms with Gasteiger partial charge in [-0.1, -0.05) is 12.1 Å². The molecule has 0 aromatic heterocycles. The fraction of sp³-hybridized carbons (Fsp3) is 0.235. The van der Waals surface area contributed by atoms with Crippen molar-refractivity contribution in [1.82, 2.24) is 0 Å². The van der Waals surface area contributed by atoms with Crippen molar-refractivity contribution < 1.29 is 22.7 Å². The minimum atomic E-state index is -4.40. The van der Waals surface area contributed by atoms with Crippen LogP contribution in [0.2, 0.25) is 0 Å². The normalized spacial score (nSPS) is 11.0. The zero-order valence-electron chi connectivity index (χ0n) is 13.0. The van der Waals surface area contributed by atoms with Crippen LogP contribution in [0.15, 0.2) is 48.5 Å². The Morgan fingerprint density at radius 1 is 1.08 bits per heavy atom. The van der Waals surface area contributed by atoms with E-state index >= 15 is 0 Å². The number of hydrogen-bond acceptors (Lipinski definition) is 3. The van der Waals surface area contributed by atoms with Crippen LogP contribution in [0.5, 0.6) is 5.75 Å². The van der Waals surface area contributed by atoms with Gasteiger partial charge in [-0.2, -0.15) is 13.2 Å². The topological polar surface area (TPSA) is 50.4 Å². The molecule has 2 aromatic carbocycles. The molecule has 2 rings (SSSR count). The fourth-order valence-corrected chi connectivity index (χ4v) is 2.02. The maximum absolute atomic E-state index is 12.5. The van der Waals surface area contributed by atoms with E-state index in [4.69, 9.17) is 4.74 Å². The van der Waals surface area contributed by atoms with E-state index in [-0.39, 0.29) is 12.5 Å². The van der Waals surface area contributed by atoms with Crippen molar-refractivity contribution in [2.24, 2.45) is 0 Å². The summed E-state index contributed by atoms with van der Waals surface area (Å²) in [7, 11) is 0. The van der Waals surface area contributed by atoms with E-state index in [2.05, 4.69) is 10.6 Å². The number of carbonyl (C=O) groups is 1. The van der Waals surface area contributed by atoms with E-state index in [1.54, 1.807) is 18.2 Å². The van der Waals surface area contributed by atoms with E-state index in [1.165, 1.54) is 12.1 Å². The van der Waals surface area contributed by atoms with Crippen LogP contribution in [0.3, 0.4) is 0 Å². The van der Waals surface area contributed by atoms with Crippen LogP contribution >= 0.6 is 0 Å². The van der Waals surface area contributed by atoms with Gasteiger partial charge in [-0.15, -0.1) is 0 Å². The number of nitrogens with one attached hydrogen (secondary N) is 2. The molecule has 1 amide bonds. The minimum Gasteiger partial charge on any atom is -0.492 e. The second kappa shape index (κ2) is 7.72. The van der Waals surface area contributed by atoms with Crippen LogP contribution in [0.4, 0.5) is 24.5 Å². The Bertz CT molecular complexity index is 685. The van der Waals surface area contributed by atoms with E-state index in [1.807, 2.05) is 13.0 Å². The highest BCUT2D eigenvalue weighted by Crippen LogP contribution is 2.29. The summed E-state index contributed by atoms with van der Waals surface area (Å²) in [6.07, 6.45) is -4.40. The monoisotopic (exact) mass is 338 g/mol. The van der Waals surface area contributed by atoms with E-state index < -0.39 is 11.7 Å². The number of halogens is 3. The van der Waals surface area contributed by atoms with Gasteiger partial charge in [0, 0.05) is 5.69 Å². The number of para-hydroxylation sites is 2. The fourth-order valence-electron chi connectivity index (χ4n) is 2.02.